The summed E-state index contributed by atoms with van der Waals surface area (Å²) in [6.45, 7) is 7.12. The van der Waals surface area contributed by atoms with Crippen LogP contribution in [0.25, 0.3) is 0 Å². The lowest BCUT2D eigenvalue weighted by atomic mass is 10.0. The lowest BCUT2D eigenvalue weighted by Crippen LogP contribution is -2.33. The second-order valence-corrected chi connectivity index (χ2v) is 5.96. The topological polar surface area (TPSA) is 38.5 Å². The molecule has 1 aliphatic rings. The maximum atomic E-state index is 5.51. The summed E-state index contributed by atoms with van der Waals surface area (Å²) < 4.78 is 5.51. The van der Waals surface area contributed by atoms with E-state index in [0.29, 0.717) is 18.5 Å². The average molecular weight is 286 g/mol. The number of hydrogen-bond donors (Lipinski definition) is 1. The molecule has 1 aliphatic heterocycles. The molecule has 0 spiro atoms. The first kappa shape index (κ1) is 15.9. The Morgan fingerprint density at radius 3 is 2.90 bits per heavy atom. The molecule has 1 unspecified atom stereocenters. The van der Waals surface area contributed by atoms with Crippen molar-refractivity contribution in [1.29, 1.82) is 0 Å². The summed E-state index contributed by atoms with van der Waals surface area (Å²) in [4.78, 5) is 2.57. The zero-order valence-electron chi connectivity index (χ0n) is 13.4. The van der Waals surface area contributed by atoms with Crippen molar-refractivity contribution in [3.8, 4) is 17.6 Å². The van der Waals surface area contributed by atoms with Gasteiger partial charge in [0.25, 0.3) is 0 Å². The SMILES string of the molecule is COc1ccc(C#CCN)cc1CN1CCCC1C(C)C. The molecule has 1 heterocycles. The number of ether oxygens (including phenoxy) is 1. The molecular formula is C18H26N2O. The van der Waals surface area contributed by atoms with E-state index in [2.05, 4.69) is 36.7 Å². The third kappa shape index (κ3) is 4.00. The summed E-state index contributed by atoms with van der Waals surface area (Å²) in [7, 11) is 1.73. The second-order valence-electron chi connectivity index (χ2n) is 5.96. The molecule has 2 N–H and O–H groups in total. The van der Waals surface area contributed by atoms with Gasteiger partial charge in [0.15, 0.2) is 0 Å². The largest absolute Gasteiger partial charge is 0.496 e. The summed E-state index contributed by atoms with van der Waals surface area (Å²) in [5.74, 6) is 7.66. The molecular weight excluding hydrogens is 260 g/mol. The molecule has 0 bridgehead atoms. The maximum Gasteiger partial charge on any atom is 0.123 e. The Labute approximate surface area is 128 Å². The highest BCUT2D eigenvalue weighted by Gasteiger charge is 2.27. The van der Waals surface area contributed by atoms with E-state index in [1.54, 1.807) is 7.11 Å². The fourth-order valence-corrected chi connectivity index (χ4v) is 3.15. The summed E-state index contributed by atoms with van der Waals surface area (Å²) in [5.41, 5.74) is 7.67. The van der Waals surface area contributed by atoms with Crippen LogP contribution in [-0.4, -0.2) is 31.1 Å². The van der Waals surface area contributed by atoms with Crippen LogP contribution in [0.5, 0.6) is 5.75 Å². The molecule has 0 radical (unpaired) electrons. The molecule has 0 aromatic heterocycles. The van der Waals surface area contributed by atoms with Crippen LogP contribution in [0.3, 0.4) is 0 Å². The molecule has 114 valence electrons. The normalized spacial score (nSPS) is 18.6. The van der Waals surface area contributed by atoms with Gasteiger partial charge in [0.2, 0.25) is 0 Å². The zero-order valence-corrected chi connectivity index (χ0v) is 13.4. The quantitative estimate of drug-likeness (QED) is 0.865. The molecule has 2 rings (SSSR count). The van der Waals surface area contributed by atoms with Crippen LogP contribution < -0.4 is 10.5 Å². The predicted molar refractivity (Wildman–Crippen MR) is 87.2 cm³/mol. The number of benzene rings is 1. The lowest BCUT2D eigenvalue weighted by Gasteiger charge is -2.28. The van der Waals surface area contributed by atoms with Crippen molar-refractivity contribution < 1.29 is 4.74 Å². The Bertz CT molecular complexity index is 528. The zero-order chi connectivity index (χ0) is 15.2. The van der Waals surface area contributed by atoms with E-state index in [0.717, 1.165) is 17.9 Å². The summed E-state index contributed by atoms with van der Waals surface area (Å²) >= 11 is 0. The monoisotopic (exact) mass is 286 g/mol. The Kier molecular flexibility index (Phi) is 5.67. The third-order valence-corrected chi connectivity index (χ3v) is 4.17. The van der Waals surface area contributed by atoms with Crippen molar-refractivity contribution in [2.75, 3.05) is 20.2 Å². The molecule has 1 fully saturated rings. The third-order valence-electron chi connectivity index (χ3n) is 4.17. The smallest absolute Gasteiger partial charge is 0.123 e. The first-order valence-electron chi connectivity index (χ1n) is 7.75. The van der Waals surface area contributed by atoms with Gasteiger partial charge in [0, 0.05) is 23.7 Å². The van der Waals surface area contributed by atoms with Gasteiger partial charge < -0.3 is 10.5 Å². The molecule has 1 saturated heterocycles. The number of likely N-dealkylation sites (tertiary alicyclic amines) is 1. The molecule has 3 nitrogen and oxygen atoms in total. The summed E-state index contributed by atoms with van der Waals surface area (Å²) in [5, 5.41) is 0. The van der Waals surface area contributed by atoms with Gasteiger partial charge in [0.1, 0.15) is 5.75 Å². The molecule has 21 heavy (non-hydrogen) atoms. The molecule has 1 aromatic rings. The predicted octanol–water partition coefficient (Wildman–Crippen LogP) is 2.63. The molecule has 3 heteroatoms. The maximum absolute atomic E-state index is 5.51. The minimum atomic E-state index is 0.392. The van der Waals surface area contributed by atoms with E-state index in [1.807, 2.05) is 12.1 Å². The standard InChI is InChI=1S/C18H26N2O/c1-14(2)17-7-5-11-20(17)13-16-12-15(6-4-10-19)8-9-18(16)21-3/h8-9,12,14,17H,5,7,10-11,13,19H2,1-3H3. The number of rotatable bonds is 4. The van der Waals surface area contributed by atoms with Gasteiger partial charge in [-0.05, 0) is 43.5 Å². The highest BCUT2D eigenvalue weighted by atomic mass is 16.5. The van der Waals surface area contributed by atoms with Gasteiger partial charge in [-0.25, -0.2) is 0 Å². The first-order chi connectivity index (χ1) is 10.2. The minimum Gasteiger partial charge on any atom is -0.496 e. The van der Waals surface area contributed by atoms with E-state index in [-0.39, 0.29) is 0 Å². The van der Waals surface area contributed by atoms with E-state index in [4.69, 9.17) is 10.5 Å². The van der Waals surface area contributed by atoms with Crippen molar-refractivity contribution in [2.24, 2.45) is 11.7 Å². The van der Waals surface area contributed by atoms with Gasteiger partial charge >= 0.3 is 0 Å². The van der Waals surface area contributed by atoms with Crippen LogP contribution in [-0.2, 0) is 6.54 Å². The van der Waals surface area contributed by atoms with E-state index < -0.39 is 0 Å². The van der Waals surface area contributed by atoms with Crippen LogP contribution in [0.15, 0.2) is 18.2 Å². The fourth-order valence-electron chi connectivity index (χ4n) is 3.15. The highest BCUT2D eigenvalue weighted by Crippen LogP contribution is 2.28. The number of methoxy groups -OCH3 is 1. The van der Waals surface area contributed by atoms with Crippen LogP contribution in [0.4, 0.5) is 0 Å². The van der Waals surface area contributed by atoms with Gasteiger partial charge in [-0.1, -0.05) is 25.7 Å². The van der Waals surface area contributed by atoms with Gasteiger partial charge in [0.05, 0.1) is 13.7 Å². The average Bonchev–Trinajstić information content (AvgIpc) is 2.93. The van der Waals surface area contributed by atoms with Crippen LogP contribution >= 0.6 is 0 Å². The van der Waals surface area contributed by atoms with Crippen molar-refractivity contribution in [2.45, 2.75) is 39.3 Å². The Morgan fingerprint density at radius 1 is 1.43 bits per heavy atom. The summed E-state index contributed by atoms with van der Waals surface area (Å²) in [6.07, 6.45) is 2.59. The number of nitrogens with zero attached hydrogens (tertiary/aromatic N) is 1. The van der Waals surface area contributed by atoms with E-state index >= 15 is 0 Å². The molecule has 1 atom stereocenters. The highest BCUT2D eigenvalue weighted by molar-refractivity contribution is 5.44. The number of hydrogen-bond acceptors (Lipinski definition) is 3. The molecule has 0 saturated carbocycles. The van der Waals surface area contributed by atoms with Crippen molar-refractivity contribution >= 4 is 0 Å². The Balaban J connectivity index is 2.21. The fraction of sp³-hybridized carbons (Fsp3) is 0.556. The summed E-state index contributed by atoms with van der Waals surface area (Å²) in [6, 6.07) is 6.82. The van der Waals surface area contributed by atoms with Gasteiger partial charge in [-0.15, -0.1) is 0 Å². The van der Waals surface area contributed by atoms with Crippen LogP contribution in [0.2, 0.25) is 0 Å². The van der Waals surface area contributed by atoms with E-state index in [9.17, 15) is 0 Å². The van der Waals surface area contributed by atoms with Crippen LogP contribution in [0, 0.1) is 17.8 Å². The van der Waals surface area contributed by atoms with Crippen molar-refractivity contribution in [1.82, 2.24) is 4.90 Å². The minimum absolute atomic E-state index is 0.392. The first-order valence-corrected chi connectivity index (χ1v) is 7.75. The molecule has 0 amide bonds. The second kappa shape index (κ2) is 7.49. The van der Waals surface area contributed by atoms with Crippen molar-refractivity contribution in [3.63, 3.8) is 0 Å². The van der Waals surface area contributed by atoms with Gasteiger partial charge in [-0.3, -0.25) is 4.90 Å². The molecule has 0 aliphatic carbocycles. The Morgan fingerprint density at radius 2 is 2.24 bits per heavy atom. The van der Waals surface area contributed by atoms with E-state index in [1.165, 1.54) is 24.9 Å². The molecule has 1 aromatic carbocycles. The Hall–Kier alpha value is -1.50. The van der Waals surface area contributed by atoms with Gasteiger partial charge in [-0.2, -0.15) is 0 Å². The lowest BCUT2D eigenvalue weighted by molar-refractivity contribution is 0.196. The van der Waals surface area contributed by atoms with Crippen LogP contribution in [0.1, 0.15) is 37.8 Å². The number of nitrogens with two attached hydrogens (primary N) is 1. The van der Waals surface area contributed by atoms with Crippen molar-refractivity contribution in [3.05, 3.63) is 29.3 Å².